The molecule has 0 saturated carbocycles. The molecule has 11 nitrogen and oxygen atoms in total. The zero-order valence-electron chi connectivity index (χ0n) is 28.5. The summed E-state index contributed by atoms with van der Waals surface area (Å²) in [6.45, 7) is 10.2. The number of aromatic nitrogens is 4. The second-order valence-corrected chi connectivity index (χ2v) is 14.5. The highest BCUT2D eigenvalue weighted by molar-refractivity contribution is 5.74. The van der Waals surface area contributed by atoms with Crippen LogP contribution in [0.1, 0.15) is 57.4 Å². The number of benzene rings is 2. The van der Waals surface area contributed by atoms with E-state index in [4.69, 9.17) is 15.2 Å². The SMILES string of the molecule is Cc1ccn(-c2cc(-c3ccc(OCC(C)(C)C)cc3)ccc2C(Oc2cc(N3CCC4(CC3)CN[C@H](C(=O)O)C4)nc(N)n2)C(F)(F)F)n1. The fraction of sp³-hybridized carbons (Fsp3) is 0.444. The van der Waals surface area contributed by atoms with Gasteiger partial charge in [0.2, 0.25) is 17.9 Å². The summed E-state index contributed by atoms with van der Waals surface area (Å²) in [5, 5.41) is 16.9. The fourth-order valence-corrected chi connectivity index (χ4v) is 6.50. The third kappa shape index (κ3) is 7.96. The van der Waals surface area contributed by atoms with Crippen LogP contribution >= 0.6 is 0 Å². The van der Waals surface area contributed by atoms with Crippen LogP contribution in [-0.4, -0.2) is 69.3 Å². The van der Waals surface area contributed by atoms with Crippen LogP contribution in [-0.2, 0) is 4.79 Å². The van der Waals surface area contributed by atoms with Crippen LogP contribution in [0, 0.1) is 17.8 Å². The Kier molecular flexibility index (Phi) is 9.42. The van der Waals surface area contributed by atoms with Crippen molar-refractivity contribution in [3.05, 3.63) is 72.1 Å². The van der Waals surface area contributed by atoms with Crippen LogP contribution < -0.4 is 25.4 Å². The number of nitrogens with zero attached hydrogens (tertiary/aromatic N) is 5. The average molecular weight is 694 g/mol. The summed E-state index contributed by atoms with van der Waals surface area (Å²) in [6.07, 6.45) is -3.72. The number of piperidine rings is 1. The Hall–Kier alpha value is -4.85. The van der Waals surface area contributed by atoms with E-state index in [-0.39, 0.29) is 33.9 Å². The van der Waals surface area contributed by atoms with E-state index in [1.54, 1.807) is 31.3 Å². The number of carboxylic acid groups (broad SMARTS) is 1. The van der Waals surface area contributed by atoms with Gasteiger partial charge in [-0.05, 0) is 72.4 Å². The number of ether oxygens (including phenoxy) is 2. The molecule has 0 aliphatic carbocycles. The summed E-state index contributed by atoms with van der Waals surface area (Å²) < 4.78 is 57.8. The van der Waals surface area contributed by atoms with E-state index in [1.165, 1.54) is 16.8 Å². The fourth-order valence-electron chi connectivity index (χ4n) is 6.50. The first-order chi connectivity index (χ1) is 23.6. The van der Waals surface area contributed by atoms with Gasteiger partial charge in [0, 0.05) is 37.5 Å². The number of nitrogen functional groups attached to an aromatic ring is 1. The third-order valence-corrected chi connectivity index (χ3v) is 9.19. The van der Waals surface area contributed by atoms with E-state index >= 15 is 0 Å². The van der Waals surface area contributed by atoms with Gasteiger partial charge >= 0.3 is 12.1 Å². The van der Waals surface area contributed by atoms with Crippen LogP contribution in [0.4, 0.5) is 24.9 Å². The van der Waals surface area contributed by atoms with Gasteiger partial charge in [-0.3, -0.25) is 4.79 Å². The summed E-state index contributed by atoms with van der Waals surface area (Å²) in [5.74, 6) is -0.368. The number of hydrogen-bond donors (Lipinski definition) is 3. The molecule has 2 aliphatic heterocycles. The number of alkyl halides is 3. The lowest BCUT2D eigenvalue weighted by Gasteiger charge is -2.39. The maximum absolute atomic E-state index is 14.9. The minimum atomic E-state index is -4.84. The Morgan fingerprint density at radius 2 is 1.76 bits per heavy atom. The van der Waals surface area contributed by atoms with Gasteiger partial charge in [0.15, 0.2) is 0 Å². The summed E-state index contributed by atoms with van der Waals surface area (Å²) in [5.41, 5.74) is 7.98. The van der Waals surface area contributed by atoms with E-state index in [0.717, 1.165) is 5.56 Å². The minimum Gasteiger partial charge on any atom is -0.493 e. The molecule has 2 aliphatic rings. The number of rotatable bonds is 9. The molecular weight excluding hydrogens is 651 g/mol. The van der Waals surface area contributed by atoms with Crippen LogP contribution in [0.3, 0.4) is 0 Å². The number of aryl methyl sites for hydroxylation is 1. The summed E-state index contributed by atoms with van der Waals surface area (Å²) >= 11 is 0. The van der Waals surface area contributed by atoms with Crippen molar-refractivity contribution in [2.75, 3.05) is 36.9 Å². The second kappa shape index (κ2) is 13.5. The van der Waals surface area contributed by atoms with E-state index in [2.05, 4.69) is 41.2 Å². The zero-order chi connectivity index (χ0) is 35.8. The molecule has 1 spiro atoms. The topological polar surface area (TPSA) is 141 Å². The minimum absolute atomic E-state index is 0.0133. The predicted octanol–water partition coefficient (Wildman–Crippen LogP) is 6.36. The molecule has 2 atom stereocenters. The number of hydrogen-bond acceptors (Lipinski definition) is 9. The number of halogens is 3. The molecule has 0 radical (unpaired) electrons. The Labute approximate surface area is 288 Å². The number of anilines is 2. The van der Waals surface area contributed by atoms with Gasteiger partial charge in [0.1, 0.15) is 17.6 Å². The van der Waals surface area contributed by atoms with Gasteiger partial charge in [-0.1, -0.05) is 45.0 Å². The van der Waals surface area contributed by atoms with Crippen LogP contribution in [0.2, 0.25) is 0 Å². The standard InChI is InChI=1S/C36H42F3N7O4/c1-22-11-14-46(44-22)28-17-24(23-5-8-25(9-6-23)49-21-34(2,3)4)7-10-26(28)31(36(37,38)39)50-30-18-29(42-33(40)43-30)45-15-12-35(13-16-45)19-27(32(47)48)41-20-35/h5-11,14,17-18,27,31,41H,12-13,15-16,19-21H2,1-4H3,(H,47,48)(H2,40,42,43)/t27-,31?/m0/s1. The molecule has 2 aromatic heterocycles. The zero-order valence-corrected chi connectivity index (χ0v) is 28.5. The number of carboxylic acids is 1. The average Bonchev–Trinajstić information content (AvgIpc) is 3.68. The largest absolute Gasteiger partial charge is 0.493 e. The van der Waals surface area contributed by atoms with Crippen molar-refractivity contribution in [1.82, 2.24) is 25.1 Å². The first-order valence-corrected chi connectivity index (χ1v) is 16.6. The smallest absolute Gasteiger partial charge is 0.429 e. The lowest BCUT2D eigenvalue weighted by Crippen LogP contribution is -2.41. The van der Waals surface area contributed by atoms with Crippen LogP contribution in [0.5, 0.6) is 11.6 Å². The summed E-state index contributed by atoms with van der Waals surface area (Å²) in [7, 11) is 0. The maximum Gasteiger partial charge on any atom is 0.429 e. The van der Waals surface area contributed by atoms with Gasteiger partial charge in [-0.15, -0.1) is 0 Å². The molecule has 2 fully saturated rings. The quantitative estimate of drug-likeness (QED) is 0.181. The van der Waals surface area contributed by atoms with E-state index in [9.17, 15) is 23.1 Å². The maximum atomic E-state index is 14.9. The highest BCUT2D eigenvalue weighted by Gasteiger charge is 2.46. The molecule has 14 heteroatoms. The van der Waals surface area contributed by atoms with E-state index in [0.29, 0.717) is 68.3 Å². The van der Waals surface area contributed by atoms with Crippen LogP contribution in [0.25, 0.3) is 16.8 Å². The molecule has 50 heavy (non-hydrogen) atoms. The first kappa shape index (κ1) is 35.0. The monoisotopic (exact) mass is 693 g/mol. The Bertz CT molecular complexity index is 1830. The van der Waals surface area contributed by atoms with Crippen molar-refractivity contribution in [3.63, 3.8) is 0 Å². The normalized spacial score (nSPS) is 18.3. The Morgan fingerprint density at radius 1 is 1.06 bits per heavy atom. The van der Waals surface area contributed by atoms with Gasteiger partial charge in [-0.25, -0.2) is 4.68 Å². The Morgan fingerprint density at radius 3 is 2.36 bits per heavy atom. The molecule has 0 amide bonds. The van der Waals surface area contributed by atoms with Gasteiger partial charge in [0.25, 0.3) is 0 Å². The number of aliphatic carboxylic acids is 1. The van der Waals surface area contributed by atoms with Crippen LogP contribution in [0.15, 0.2) is 60.8 Å². The number of nitrogens with one attached hydrogen (secondary N) is 1. The lowest BCUT2D eigenvalue weighted by atomic mass is 9.76. The molecular formula is C36H42F3N7O4. The van der Waals surface area contributed by atoms with Gasteiger partial charge in [0.05, 0.1) is 18.0 Å². The van der Waals surface area contributed by atoms with Crippen molar-refractivity contribution in [1.29, 1.82) is 0 Å². The number of nitrogens with two attached hydrogens (primary N) is 1. The first-order valence-electron chi connectivity index (χ1n) is 16.6. The van der Waals surface area contributed by atoms with Crippen molar-refractivity contribution < 1.29 is 32.5 Å². The molecule has 4 heterocycles. The Balaban J connectivity index is 1.27. The van der Waals surface area contributed by atoms with Crippen molar-refractivity contribution in [2.45, 2.75) is 65.3 Å². The predicted molar refractivity (Wildman–Crippen MR) is 182 cm³/mol. The van der Waals surface area contributed by atoms with Crippen molar-refractivity contribution in [2.24, 2.45) is 10.8 Å². The molecule has 2 aromatic carbocycles. The molecule has 6 rings (SSSR count). The van der Waals surface area contributed by atoms with Crippen molar-refractivity contribution in [3.8, 4) is 28.4 Å². The molecule has 4 N–H and O–H groups in total. The summed E-state index contributed by atoms with van der Waals surface area (Å²) in [4.78, 5) is 21.7. The van der Waals surface area contributed by atoms with Gasteiger partial charge in [-0.2, -0.15) is 28.2 Å². The highest BCUT2D eigenvalue weighted by Crippen LogP contribution is 2.43. The van der Waals surface area contributed by atoms with Gasteiger partial charge < -0.3 is 30.5 Å². The van der Waals surface area contributed by atoms with E-state index in [1.807, 2.05) is 29.2 Å². The van der Waals surface area contributed by atoms with E-state index < -0.39 is 24.3 Å². The summed E-state index contributed by atoms with van der Waals surface area (Å²) in [6, 6.07) is 14.6. The number of carbonyl (C=O) groups is 1. The third-order valence-electron chi connectivity index (χ3n) is 9.19. The lowest BCUT2D eigenvalue weighted by molar-refractivity contribution is -0.198. The molecule has 1 unspecified atom stereocenters. The molecule has 4 aromatic rings. The van der Waals surface area contributed by atoms with Crippen molar-refractivity contribution >= 4 is 17.7 Å². The molecule has 0 bridgehead atoms. The molecule has 2 saturated heterocycles. The highest BCUT2D eigenvalue weighted by atomic mass is 19.4. The molecule has 266 valence electrons. The second-order valence-electron chi connectivity index (χ2n) is 14.5.